The maximum atomic E-state index is 12.4. The van der Waals surface area contributed by atoms with E-state index in [0.29, 0.717) is 11.5 Å². The average Bonchev–Trinajstić information content (AvgIpc) is 2.79. The molecule has 0 saturated heterocycles. The van der Waals surface area contributed by atoms with Crippen molar-refractivity contribution in [2.75, 3.05) is 18.8 Å². The number of benzene rings is 3. The van der Waals surface area contributed by atoms with E-state index >= 15 is 0 Å². The van der Waals surface area contributed by atoms with E-state index in [-0.39, 0.29) is 5.91 Å². The molecule has 4 rings (SSSR count). The number of aryl methyl sites for hydroxylation is 1. The molecule has 0 aromatic heterocycles. The summed E-state index contributed by atoms with van der Waals surface area (Å²) in [6.45, 7) is 2.33. The minimum absolute atomic E-state index is 0.0262. The van der Waals surface area contributed by atoms with Gasteiger partial charge < -0.3 is 9.62 Å². The zero-order valence-corrected chi connectivity index (χ0v) is 19.3. The molecule has 0 unspecified atom stereocenters. The number of nitrogens with one attached hydrogen (secondary N) is 1. The van der Waals surface area contributed by atoms with E-state index in [1.807, 2.05) is 18.2 Å². The van der Waals surface area contributed by atoms with Gasteiger partial charge in [-0.05, 0) is 89.7 Å². The molecule has 0 radical (unpaired) electrons. The van der Waals surface area contributed by atoms with Gasteiger partial charge in [-0.3, -0.25) is 4.79 Å². The highest BCUT2D eigenvalue weighted by Gasteiger charge is 2.13. The molecule has 0 spiro atoms. The Bertz CT molecular complexity index is 1080. The molecule has 0 fully saturated rings. The van der Waals surface area contributed by atoms with E-state index in [4.69, 9.17) is 0 Å². The summed E-state index contributed by atoms with van der Waals surface area (Å²) in [6.07, 6.45) is 4.74. The van der Waals surface area contributed by atoms with Crippen LogP contribution in [0.3, 0.4) is 0 Å². The minimum Gasteiger partial charge on any atom is -0.345 e. The third-order valence-electron chi connectivity index (χ3n) is 5.98. The lowest BCUT2D eigenvalue weighted by Gasteiger charge is -2.18. The SMILES string of the molecule is C[C@@H]1CCCCc2ccc(-c3cccc(C(=O)N(C)C)c3)cc2SNc2cccc1c2. The van der Waals surface area contributed by atoms with Crippen molar-refractivity contribution in [1.82, 2.24) is 4.90 Å². The first-order valence-electron chi connectivity index (χ1n) is 11.0. The van der Waals surface area contributed by atoms with Gasteiger partial charge in [0.05, 0.1) is 0 Å². The predicted octanol–water partition coefficient (Wildman–Crippen LogP) is 7.00. The number of carbonyl (C=O) groups excluding carboxylic acids is 1. The molecule has 3 aromatic rings. The maximum absolute atomic E-state index is 12.4. The largest absolute Gasteiger partial charge is 0.345 e. The van der Waals surface area contributed by atoms with Gasteiger partial charge in [0.25, 0.3) is 5.91 Å². The molecule has 0 aliphatic carbocycles. The smallest absolute Gasteiger partial charge is 0.253 e. The Kier molecular flexibility index (Phi) is 6.67. The summed E-state index contributed by atoms with van der Waals surface area (Å²) in [5, 5.41) is 0. The van der Waals surface area contributed by atoms with Crippen LogP contribution in [0.2, 0.25) is 0 Å². The quantitative estimate of drug-likeness (QED) is 0.444. The number of nitrogens with zero attached hydrogens (tertiary/aromatic N) is 1. The van der Waals surface area contributed by atoms with Crippen LogP contribution in [0.25, 0.3) is 11.1 Å². The summed E-state index contributed by atoms with van der Waals surface area (Å²) in [7, 11) is 3.57. The van der Waals surface area contributed by atoms with E-state index in [1.165, 1.54) is 35.3 Å². The van der Waals surface area contributed by atoms with Crippen molar-refractivity contribution < 1.29 is 4.79 Å². The highest BCUT2D eigenvalue weighted by molar-refractivity contribution is 8.00. The van der Waals surface area contributed by atoms with Gasteiger partial charge in [-0.2, -0.15) is 0 Å². The van der Waals surface area contributed by atoms with Crippen LogP contribution in [0.4, 0.5) is 5.69 Å². The summed E-state index contributed by atoms with van der Waals surface area (Å²) in [5.74, 6) is 0.614. The van der Waals surface area contributed by atoms with E-state index in [9.17, 15) is 4.79 Å². The van der Waals surface area contributed by atoms with Crippen LogP contribution in [0.1, 0.15) is 53.6 Å². The molecule has 2 bridgehead atoms. The van der Waals surface area contributed by atoms with Gasteiger partial charge in [0.2, 0.25) is 0 Å². The van der Waals surface area contributed by atoms with Crippen molar-refractivity contribution in [2.24, 2.45) is 0 Å². The molecule has 0 saturated carbocycles. The fraction of sp³-hybridized carbons (Fsp3) is 0.296. The molecule has 1 atom stereocenters. The lowest BCUT2D eigenvalue weighted by molar-refractivity contribution is 0.0827. The molecule has 4 heteroatoms. The number of rotatable bonds is 2. The van der Waals surface area contributed by atoms with E-state index in [1.54, 1.807) is 30.9 Å². The summed E-state index contributed by atoms with van der Waals surface area (Å²) in [5.41, 5.74) is 6.85. The molecule has 3 nitrogen and oxygen atoms in total. The lowest BCUT2D eigenvalue weighted by atomic mass is 9.93. The van der Waals surface area contributed by atoms with Gasteiger partial charge in [-0.25, -0.2) is 0 Å². The zero-order chi connectivity index (χ0) is 21.8. The van der Waals surface area contributed by atoms with Gasteiger partial charge in [-0.15, -0.1) is 0 Å². The third-order valence-corrected chi connectivity index (χ3v) is 6.92. The number of carbonyl (C=O) groups is 1. The molecule has 1 heterocycles. The van der Waals surface area contributed by atoms with Gasteiger partial charge in [0.1, 0.15) is 0 Å². The van der Waals surface area contributed by atoms with Crippen molar-refractivity contribution in [3.05, 3.63) is 83.4 Å². The fourth-order valence-corrected chi connectivity index (χ4v) is 4.92. The normalized spacial score (nSPS) is 16.3. The fourth-order valence-electron chi connectivity index (χ4n) is 4.08. The first kappa shape index (κ1) is 21.5. The van der Waals surface area contributed by atoms with E-state index in [0.717, 1.165) is 23.2 Å². The molecular weight excluding hydrogens is 400 g/mol. The van der Waals surface area contributed by atoms with E-state index in [2.05, 4.69) is 60.2 Å². The Morgan fingerprint density at radius 2 is 1.77 bits per heavy atom. The molecule has 31 heavy (non-hydrogen) atoms. The van der Waals surface area contributed by atoms with Crippen molar-refractivity contribution >= 4 is 23.5 Å². The molecule has 1 aliphatic rings. The van der Waals surface area contributed by atoms with Crippen LogP contribution in [-0.4, -0.2) is 24.9 Å². The highest BCUT2D eigenvalue weighted by Crippen LogP contribution is 2.33. The lowest BCUT2D eigenvalue weighted by Crippen LogP contribution is -2.21. The summed E-state index contributed by atoms with van der Waals surface area (Å²) in [6, 6.07) is 23.4. The topological polar surface area (TPSA) is 32.3 Å². The molecule has 1 N–H and O–H groups in total. The number of anilines is 1. The van der Waals surface area contributed by atoms with Gasteiger partial charge >= 0.3 is 0 Å². The number of fused-ring (bicyclic) bond motifs is 3. The van der Waals surface area contributed by atoms with E-state index < -0.39 is 0 Å². The molecule has 3 aromatic carbocycles. The van der Waals surface area contributed by atoms with Gasteiger partial charge in [-0.1, -0.05) is 49.7 Å². The zero-order valence-electron chi connectivity index (χ0n) is 18.5. The van der Waals surface area contributed by atoms with Crippen molar-refractivity contribution in [3.8, 4) is 11.1 Å². The van der Waals surface area contributed by atoms with Crippen LogP contribution in [0, 0.1) is 0 Å². The van der Waals surface area contributed by atoms with Crippen LogP contribution in [0.5, 0.6) is 0 Å². The van der Waals surface area contributed by atoms with Crippen molar-refractivity contribution in [3.63, 3.8) is 0 Å². The monoisotopic (exact) mass is 430 g/mol. The standard InChI is InChI=1S/C27H30N2OS/c1-19-8-4-5-9-20-14-15-23(22-11-6-12-24(16-22)27(30)29(2)3)18-26(20)31-28-25-13-7-10-21(19)17-25/h6-7,10-19,28H,4-5,8-9H2,1-3H3/t19-/m1/s1. The average molecular weight is 431 g/mol. The Labute approximate surface area is 190 Å². The van der Waals surface area contributed by atoms with Crippen molar-refractivity contribution in [2.45, 2.75) is 43.4 Å². The molecule has 160 valence electrons. The predicted molar refractivity (Wildman–Crippen MR) is 132 cm³/mol. The van der Waals surface area contributed by atoms with Gasteiger partial charge in [0.15, 0.2) is 0 Å². The van der Waals surface area contributed by atoms with Crippen LogP contribution >= 0.6 is 11.9 Å². The van der Waals surface area contributed by atoms with Crippen LogP contribution in [-0.2, 0) is 6.42 Å². The minimum atomic E-state index is 0.0262. The Morgan fingerprint density at radius 3 is 2.61 bits per heavy atom. The second-order valence-electron chi connectivity index (χ2n) is 8.58. The number of amides is 1. The molecule has 1 aliphatic heterocycles. The summed E-state index contributed by atoms with van der Waals surface area (Å²) >= 11 is 1.68. The highest BCUT2D eigenvalue weighted by atomic mass is 32.2. The second kappa shape index (κ2) is 9.61. The molecule has 1 amide bonds. The first-order valence-corrected chi connectivity index (χ1v) is 11.8. The van der Waals surface area contributed by atoms with Crippen molar-refractivity contribution in [1.29, 1.82) is 0 Å². The maximum Gasteiger partial charge on any atom is 0.253 e. The Morgan fingerprint density at radius 1 is 0.968 bits per heavy atom. The number of hydrogen-bond donors (Lipinski definition) is 1. The third kappa shape index (κ3) is 5.13. The first-order chi connectivity index (χ1) is 15.0. The molecular formula is C27H30N2OS. The summed E-state index contributed by atoms with van der Waals surface area (Å²) in [4.78, 5) is 15.3. The Hall–Kier alpha value is -2.72. The van der Waals surface area contributed by atoms with Crippen LogP contribution < -0.4 is 4.72 Å². The second-order valence-corrected chi connectivity index (χ2v) is 9.43. The van der Waals surface area contributed by atoms with Gasteiger partial charge in [0, 0.05) is 30.2 Å². The summed E-state index contributed by atoms with van der Waals surface area (Å²) < 4.78 is 3.56. The van der Waals surface area contributed by atoms with Crippen LogP contribution in [0.15, 0.2) is 71.6 Å². The number of hydrogen-bond acceptors (Lipinski definition) is 3. The Balaban J connectivity index is 1.65.